The van der Waals surface area contributed by atoms with Gasteiger partial charge in [-0.3, -0.25) is 9.48 Å². The van der Waals surface area contributed by atoms with E-state index in [2.05, 4.69) is 32.6 Å². The van der Waals surface area contributed by atoms with Crippen molar-refractivity contribution in [3.8, 4) is 11.5 Å². The number of oxazole rings is 1. The van der Waals surface area contributed by atoms with Crippen LogP contribution in [-0.2, 0) is 6.18 Å². The lowest BCUT2D eigenvalue weighted by molar-refractivity contribution is -0.141. The van der Waals surface area contributed by atoms with Gasteiger partial charge in [-0.25, -0.2) is 9.97 Å². The van der Waals surface area contributed by atoms with Crippen LogP contribution in [0.15, 0.2) is 35.2 Å². The summed E-state index contributed by atoms with van der Waals surface area (Å²) in [5, 5.41) is 9.42. The normalized spacial score (nSPS) is 20.3. The van der Waals surface area contributed by atoms with E-state index in [1.807, 2.05) is 0 Å². The molecule has 0 spiro atoms. The Balaban J connectivity index is 1.30. The summed E-state index contributed by atoms with van der Waals surface area (Å²) in [5.74, 6) is 1.32. The monoisotopic (exact) mass is 502 g/mol. The second-order valence-corrected chi connectivity index (χ2v) is 9.70. The molecule has 3 aromatic heterocycles. The van der Waals surface area contributed by atoms with E-state index in [1.165, 1.54) is 23.7 Å². The van der Waals surface area contributed by atoms with Crippen LogP contribution in [0.2, 0.25) is 0 Å². The van der Waals surface area contributed by atoms with E-state index < -0.39 is 17.8 Å². The van der Waals surface area contributed by atoms with Crippen molar-refractivity contribution in [3.05, 3.63) is 42.2 Å². The smallest absolute Gasteiger partial charge is 0.437 e. The van der Waals surface area contributed by atoms with Gasteiger partial charge in [0.25, 0.3) is 5.91 Å². The Kier molecular flexibility index (Phi) is 6.72. The van der Waals surface area contributed by atoms with Gasteiger partial charge in [-0.1, -0.05) is 13.3 Å². The number of hydrogen-bond donors (Lipinski definition) is 2. The number of rotatable bonds is 8. The zero-order valence-corrected chi connectivity index (χ0v) is 20.0. The van der Waals surface area contributed by atoms with Crippen LogP contribution in [-0.4, -0.2) is 32.2 Å². The van der Waals surface area contributed by atoms with Gasteiger partial charge in [-0.2, -0.15) is 18.3 Å². The molecule has 36 heavy (non-hydrogen) atoms. The van der Waals surface area contributed by atoms with Gasteiger partial charge in [0.1, 0.15) is 12.1 Å². The lowest BCUT2D eigenvalue weighted by atomic mass is 9.85. The minimum absolute atomic E-state index is 0.118. The molecular weight excluding hydrogens is 473 g/mol. The maximum Gasteiger partial charge on any atom is 0.437 e. The van der Waals surface area contributed by atoms with Crippen LogP contribution in [0.25, 0.3) is 11.5 Å². The molecule has 3 heterocycles. The number of alkyl halides is 3. The minimum atomic E-state index is -4.70. The third kappa shape index (κ3) is 5.55. The summed E-state index contributed by atoms with van der Waals surface area (Å²) < 4.78 is 47.9. The number of carbonyl (C=O) groups is 1. The second kappa shape index (κ2) is 9.94. The van der Waals surface area contributed by atoms with Crippen molar-refractivity contribution in [2.24, 2.45) is 11.8 Å². The van der Waals surface area contributed by atoms with Crippen molar-refractivity contribution in [2.75, 3.05) is 17.2 Å². The number of carbonyl (C=O) groups excluding carboxylic acids is 1. The Labute approximate surface area is 206 Å². The number of anilines is 2. The zero-order valence-electron chi connectivity index (χ0n) is 20.0. The van der Waals surface area contributed by atoms with E-state index in [0.717, 1.165) is 44.9 Å². The second-order valence-electron chi connectivity index (χ2n) is 9.70. The molecule has 0 aliphatic heterocycles. The first-order chi connectivity index (χ1) is 17.3. The maximum atomic E-state index is 13.7. The lowest BCUT2D eigenvalue weighted by Gasteiger charge is -2.27. The van der Waals surface area contributed by atoms with Gasteiger partial charge in [-0.05, 0) is 62.5 Å². The quantitative estimate of drug-likeness (QED) is 0.382. The fourth-order valence-electron chi connectivity index (χ4n) is 4.63. The molecule has 3 aromatic rings. The number of halogens is 3. The maximum absolute atomic E-state index is 13.7. The zero-order chi connectivity index (χ0) is 25.3. The fraction of sp³-hybridized carbons (Fsp3) is 0.520. The topological polar surface area (TPSA) is 97.9 Å². The third-order valence-electron chi connectivity index (χ3n) is 7.03. The van der Waals surface area contributed by atoms with E-state index >= 15 is 0 Å². The van der Waals surface area contributed by atoms with E-state index in [4.69, 9.17) is 4.42 Å². The average Bonchev–Trinajstić information content (AvgIpc) is 3.38. The van der Waals surface area contributed by atoms with E-state index in [1.54, 1.807) is 18.3 Å². The van der Waals surface area contributed by atoms with Crippen LogP contribution in [0.1, 0.15) is 74.1 Å². The summed E-state index contributed by atoms with van der Waals surface area (Å²) in [5.41, 5.74) is -1.02. The van der Waals surface area contributed by atoms with E-state index in [-0.39, 0.29) is 23.3 Å². The number of nitrogens with one attached hydrogen (secondary N) is 2. The molecule has 11 heteroatoms. The number of hydrogen-bond acceptors (Lipinski definition) is 6. The molecule has 0 saturated heterocycles. The van der Waals surface area contributed by atoms with Crippen molar-refractivity contribution in [2.45, 2.75) is 64.1 Å². The SMILES string of the molecule is CC[C@H]1CC[C@@H](n2cc(NC(=O)c3coc(-c4ccnc(NCC5CC5)c4)n3)c(C(F)(F)F)n2)CC1. The molecule has 0 radical (unpaired) electrons. The molecule has 0 aromatic carbocycles. The van der Waals surface area contributed by atoms with Gasteiger partial charge in [0.15, 0.2) is 11.4 Å². The van der Waals surface area contributed by atoms with Gasteiger partial charge >= 0.3 is 6.18 Å². The first-order valence-corrected chi connectivity index (χ1v) is 12.4. The first-order valence-electron chi connectivity index (χ1n) is 12.4. The summed E-state index contributed by atoms with van der Waals surface area (Å²) in [7, 11) is 0. The molecule has 0 bridgehead atoms. The number of pyridine rings is 1. The van der Waals surface area contributed by atoms with Crippen molar-refractivity contribution < 1.29 is 22.4 Å². The molecule has 2 aliphatic rings. The fourth-order valence-corrected chi connectivity index (χ4v) is 4.63. The van der Waals surface area contributed by atoms with Crippen molar-refractivity contribution in [1.29, 1.82) is 0 Å². The molecule has 5 rings (SSSR count). The highest BCUT2D eigenvalue weighted by atomic mass is 19.4. The van der Waals surface area contributed by atoms with Crippen LogP contribution >= 0.6 is 0 Å². The summed E-state index contributed by atoms with van der Waals surface area (Å²) in [6.07, 6.45) is 6.24. The van der Waals surface area contributed by atoms with Gasteiger partial charge in [-0.15, -0.1) is 0 Å². The van der Waals surface area contributed by atoms with Crippen LogP contribution in [0, 0.1) is 11.8 Å². The van der Waals surface area contributed by atoms with Crippen molar-refractivity contribution >= 4 is 17.4 Å². The van der Waals surface area contributed by atoms with E-state index in [9.17, 15) is 18.0 Å². The highest BCUT2D eigenvalue weighted by Crippen LogP contribution is 2.38. The Morgan fingerprint density at radius 1 is 1.17 bits per heavy atom. The van der Waals surface area contributed by atoms with Crippen molar-refractivity contribution in [1.82, 2.24) is 19.7 Å². The largest absolute Gasteiger partial charge is 0.444 e. The van der Waals surface area contributed by atoms with E-state index in [0.29, 0.717) is 23.2 Å². The number of amides is 1. The summed E-state index contributed by atoms with van der Waals surface area (Å²) in [6.45, 7) is 2.97. The predicted molar refractivity (Wildman–Crippen MR) is 127 cm³/mol. The molecule has 0 atom stereocenters. The van der Waals surface area contributed by atoms with Crippen LogP contribution in [0.5, 0.6) is 0 Å². The number of aromatic nitrogens is 4. The lowest BCUT2D eigenvalue weighted by Crippen LogP contribution is -2.19. The van der Waals surface area contributed by atoms with Crippen LogP contribution in [0.3, 0.4) is 0 Å². The van der Waals surface area contributed by atoms with Crippen LogP contribution < -0.4 is 10.6 Å². The highest BCUT2D eigenvalue weighted by molar-refractivity contribution is 6.03. The molecule has 1 amide bonds. The van der Waals surface area contributed by atoms with Crippen LogP contribution in [0.4, 0.5) is 24.7 Å². The van der Waals surface area contributed by atoms with Gasteiger partial charge in [0, 0.05) is 24.5 Å². The molecule has 8 nitrogen and oxygen atoms in total. The summed E-state index contributed by atoms with van der Waals surface area (Å²) in [4.78, 5) is 21.3. The minimum Gasteiger partial charge on any atom is -0.444 e. The first kappa shape index (κ1) is 24.3. The molecule has 2 aliphatic carbocycles. The standard InChI is InChI=1S/C25H29F3N6O2/c1-2-15-5-7-18(8-6-15)34-13-19(22(33-34)25(26,27)28)31-23(35)20-14-36-24(32-20)17-9-10-29-21(11-17)30-12-16-3-4-16/h9-11,13-16,18H,2-8,12H2,1H3,(H,29,30)(H,31,35)/t15-,18+. The molecule has 2 N–H and O–H groups in total. The summed E-state index contributed by atoms with van der Waals surface area (Å²) in [6, 6.07) is 3.33. The van der Waals surface area contributed by atoms with Gasteiger partial charge in [0.05, 0.1) is 11.7 Å². The van der Waals surface area contributed by atoms with Gasteiger partial charge in [0.2, 0.25) is 5.89 Å². The van der Waals surface area contributed by atoms with Gasteiger partial charge < -0.3 is 15.1 Å². The molecule has 0 unspecified atom stereocenters. The molecule has 2 saturated carbocycles. The predicted octanol–water partition coefficient (Wildman–Crippen LogP) is 6.17. The Hall–Kier alpha value is -3.37. The third-order valence-corrected chi connectivity index (χ3v) is 7.03. The summed E-state index contributed by atoms with van der Waals surface area (Å²) >= 11 is 0. The Morgan fingerprint density at radius 3 is 2.61 bits per heavy atom. The Bertz CT molecular complexity index is 1210. The molecular formula is C25H29F3N6O2. The van der Waals surface area contributed by atoms with Crippen molar-refractivity contribution in [3.63, 3.8) is 0 Å². The average molecular weight is 503 g/mol. The highest BCUT2D eigenvalue weighted by Gasteiger charge is 2.39. The Morgan fingerprint density at radius 2 is 1.92 bits per heavy atom. The molecule has 192 valence electrons. The molecule has 2 fully saturated rings. The number of nitrogens with zero attached hydrogens (tertiary/aromatic N) is 4.